The maximum Gasteiger partial charge on any atom is 0.134 e. The molecule has 4 rings (SSSR count). The summed E-state index contributed by atoms with van der Waals surface area (Å²) in [6.07, 6.45) is 12.1. The zero-order valence-electron chi connectivity index (χ0n) is 18.1. The molecule has 0 radical (unpaired) electrons. The predicted molar refractivity (Wildman–Crippen MR) is 110 cm³/mol. The molecule has 154 valence electrons. The predicted octanol–water partition coefficient (Wildman–Crippen LogP) is 6.34. The molecule has 1 heterocycles. The molecule has 2 unspecified atom stereocenters. The van der Waals surface area contributed by atoms with Crippen LogP contribution in [0.5, 0.6) is 0 Å². The second kappa shape index (κ2) is 6.61. The van der Waals surface area contributed by atoms with Crippen molar-refractivity contribution in [1.29, 1.82) is 5.26 Å². The van der Waals surface area contributed by atoms with E-state index in [1.165, 1.54) is 19.3 Å². The summed E-state index contributed by atoms with van der Waals surface area (Å²) in [6, 6.07) is 2.64. The van der Waals surface area contributed by atoms with Crippen LogP contribution < -0.4 is 0 Å². The molecule has 1 spiro atoms. The van der Waals surface area contributed by atoms with E-state index in [0.717, 1.165) is 50.7 Å². The van der Waals surface area contributed by atoms with Gasteiger partial charge < -0.3 is 4.74 Å². The summed E-state index contributed by atoms with van der Waals surface area (Å²) in [5, 5.41) is 10.1. The van der Waals surface area contributed by atoms with Gasteiger partial charge in [-0.25, -0.2) is 0 Å². The Labute approximate surface area is 170 Å². The Balaban J connectivity index is 1.62. The fourth-order valence-corrected chi connectivity index (χ4v) is 7.98. The van der Waals surface area contributed by atoms with Crippen LogP contribution in [-0.2, 0) is 9.53 Å². The van der Waals surface area contributed by atoms with E-state index in [2.05, 4.69) is 33.4 Å². The molecular weight excluding hydrogens is 346 g/mol. The maximum absolute atomic E-state index is 12.2. The van der Waals surface area contributed by atoms with Gasteiger partial charge in [-0.2, -0.15) is 5.26 Å². The number of ether oxygens (including phenoxy) is 1. The molecule has 0 bridgehead atoms. The lowest BCUT2D eigenvalue weighted by Crippen LogP contribution is -2.52. The largest absolute Gasteiger partial charge is 0.492 e. The number of Topliss-reactive ketones (excluding diaryl/α,β-unsaturated/α-hetero) is 1. The maximum atomic E-state index is 12.2. The zero-order chi connectivity index (χ0) is 20.2. The van der Waals surface area contributed by atoms with Gasteiger partial charge >= 0.3 is 0 Å². The summed E-state index contributed by atoms with van der Waals surface area (Å²) in [6.45, 7) is 11.2. The highest BCUT2D eigenvalue weighted by molar-refractivity contribution is 5.81. The molecule has 28 heavy (non-hydrogen) atoms. The zero-order valence-corrected chi connectivity index (χ0v) is 18.1. The third kappa shape index (κ3) is 2.62. The molecule has 0 N–H and O–H groups in total. The van der Waals surface area contributed by atoms with Gasteiger partial charge in [0.05, 0.1) is 17.2 Å². The topological polar surface area (TPSA) is 50.1 Å². The number of hydrogen-bond donors (Lipinski definition) is 0. The Morgan fingerprint density at radius 2 is 1.96 bits per heavy atom. The average Bonchev–Trinajstić information content (AvgIpc) is 3.17. The highest BCUT2D eigenvalue weighted by atomic mass is 16.5. The number of nitrogens with zero attached hydrogens (tertiary/aromatic N) is 1. The van der Waals surface area contributed by atoms with E-state index in [1.807, 2.05) is 0 Å². The summed E-state index contributed by atoms with van der Waals surface area (Å²) in [7, 11) is 0. The van der Waals surface area contributed by atoms with Crippen LogP contribution in [0.25, 0.3) is 0 Å². The summed E-state index contributed by atoms with van der Waals surface area (Å²) in [4.78, 5) is 12.2. The first-order chi connectivity index (χ1) is 13.2. The van der Waals surface area contributed by atoms with Crippen LogP contribution >= 0.6 is 0 Å². The van der Waals surface area contributed by atoms with E-state index in [9.17, 15) is 10.1 Å². The molecule has 3 saturated carbocycles. The normalized spacial score (nSPS) is 48.4. The lowest BCUT2D eigenvalue weighted by atomic mass is 9.47. The lowest BCUT2D eigenvalue weighted by molar-refractivity contribution is -0.134. The lowest BCUT2D eigenvalue weighted by Gasteiger charge is -2.55. The van der Waals surface area contributed by atoms with E-state index in [-0.39, 0.29) is 16.4 Å². The van der Waals surface area contributed by atoms with Crippen molar-refractivity contribution in [3.05, 3.63) is 12.3 Å². The summed E-state index contributed by atoms with van der Waals surface area (Å²) < 4.78 is 6.49. The second-order valence-corrected chi connectivity index (χ2v) is 10.9. The smallest absolute Gasteiger partial charge is 0.134 e. The number of hydrogen-bond acceptors (Lipinski definition) is 3. The van der Waals surface area contributed by atoms with Crippen molar-refractivity contribution in [1.82, 2.24) is 0 Å². The molecular formula is C25H37NO2. The Kier molecular flexibility index (Phi) is 4.72. The summed E-state index contributed by atoms with van der Waals surface area (Å²) in [5.41, 5.74) is -0.257. The average molecular weight is 384 g/mol. The summed E-state index contributed by atoms with van der Waals surface area (Å²) in [5.74, 6) is 2.58. The van der Waals surface area contributed by atoms with Gasteiger partial charge in [0.2, 0.25) is 0 Å². The molecule has 4 fully saturated rings. The molecule has 1 aliphatic heterocycles. The van der Waals surface area contributed by atoms with Crippen molar-refractivity contribution in [2.24, 2.45) is 28.1 Å². The van der Waals surface area contributed by atoms with Gasteiger partial charge in [-0.1, -0.05) is 33.8 Å². The van der Waals surface area contributed by atoms with Crippen molar-refractivity contribution in [2.45, 2.75) is 103 Å². The van der Waals surface area contributed by atoms with Crippen molar-refractivity contribution in [2.75, 3.05) is 0 Å². The van der Waals surface area contributed by atoms with Gasteiger partial charge in [-0.05, 0) is 68.6 Å². The Morgan fingerprint density at radius 1 is 1.18 bits per heavy atom. The van der Waals surface area contributed by atoms with E-state index in [1.54, 1.807) is 0 Å². The van der Waals surface area contributed by atoms with Crippen molar-refractivity contribution in [3.8, 4) is 6.07 Å². The van der Waals surface area contributed by atoms with Gasteiger partial charge in [-0.15, -0.1) is 0 Å². The highest BCUT2D eigenvalue weighted by Crippen LogP contribution is 2.67. The van der Waals surface area contributed by atoms with E-state index >= 15 is 0 Å². The van der Waals surface area contributed by atoms with Gasteiger partial charge in [0.1, 0.15) is 11.4 Å². The van der Waals surface area contributed by atoms with Crippen LogP contribution in [0.4, 0.5) is 0 Å². The summed E-state index contributed by atoms with van der Waals surface area (Å²) >= 11 is 0. The first-order valence-electron chi connectivity index (χ1n) is 11.5. The van der Waals surface area contributed by atoms with Crippen LogP contribution in [-0.4, -0.2) is 11.4 Å². The minimum Gasteiger partial charge on any atom is -0.492 e. The molecule has 0 aromatic carbocycles. The van der Waals surface area contributed by atoms with Crippen LogP contribution in [0.2, 0.25) is 0 Å². The highest BCUT2D eigenvalue weighted by Gasteiger charge is 2.64. The molecule has 4 aliphatic rings. The Hall–Kier alpha value is -1.30. The minimum atomic E-state index is -0.422. The molecule has 3 heteroatoms. The van der Waals surface area contributed by atoms with Crippen LogP contribution in [0.1, 0.15) is 97.8 Å². The molecule has 0 aromatic heterocycles. The number of carbonyl (C=O) groups is 1. The molecule has 3 aliphatic carbocycles. The van der Waals surface area contributed by atoms with Gasteiger partial charge in [0, 0.05) is 24.7 Å². The van der Waals surface area contributed by atoms with Crippen LogP contribution in [0.15, 0.2) is 12.3 Å². The third-order valence-corrected chi connectivity index (χ3v) is 9.68. The van der Waals surface area contributed by atoms with Gasteiger partial charge in [0.15, 0.2) is 0 Å². The first kappa shape index (κ1) is 20.0. The monoisotopic (exact) mass is 383 g/mol. The number of fused-ring (bicyclic) bond motifs is 1. The molecule has 0 aromatic rings. The van der Waals surface area contributed by atoms with Gasteiger partial charge in [0.25, 0.3) is 0 Å². The fourth-order valence-electron chi connectivity index (χ4n) is 7.98. The fraction of sp³-hybridized carbons (Fsp3) is 0.840. The molecule has 3 nitrogen and oxygen atoms in total. The molecule has 6 atom stereocenters. The van der Waals surface area contributed by atoms with Crippen molar-refractivity contribution < 1.29 is 9.53 Å². The number of nitriles is 1. The SMILES string of the molecule is C=C1CC[C@@]2(CCC(C3CC[C@]4(C#N)CC(=O)CC[C@]4(C)C3)[C@]2(C)CCC)O1. The molecule has 0 amide bonds. The Bertz CT molecular complexity index is 723. The minimum absolute atomic E-state index is 0.0123. The quantitative estimate of drug-likeness (QED) is 0.572. The van der Waals surface area contributed by atoms with Crippen LogP contribution in [0, 0.1) is 39.4 Å². The van der Waals surface area contributed by atoms with E-state index in [4.69, 9.17) is 4.74 Å². The number of carbonyl (C=O) groups excluding carboxylic acids is 1. The van der Waals surface area contributed by atoms with Crippen molar-refractivity contribution >= 4 is 5.78 Å². The van der Waals surface area contributed by atoms with E-state index < -0.39 is 5.41 Å². The molecule has 1 saturated heterocycles. The number of ketones is 1. The standard InChI is InChI=1S/C25H37NO2/c1-5-10-23(4)21(9-14-25(23)13-6-18(2)28-25)19-7-12-24(17-26)16-20(27)8-11-22(24,3)15-19/h19,21H,2,5-16H2,1,3-4H3/t19?,21?,22-,23+,24-,25+/m1/s1. The van der Waals surface area contributed by atoms with E-state index in [0.29, 0.717) is 30.5 Å². The Morgan fingerprint density at radius 3 is 2.61 bits per heavy atom. The first-order valence-corrected chi connectivity index (χ1v) is 11.5. The number of rotatable bonds is 3. The van der Waals surface area contributed by atoms with Crippen molar-refractivity contribution in [3.63, 3.8) is 0 Å². The third-order valence-electron chi connectivity index (χ3n) is 9.68. The number of allylic oxidation sites excluding steroid dienone is 1. The van der Waals surface area contributed by atoms with Crippen LogP contribution in [0.3, 0.4) is 0 Å². The van der Waals surface area contributed by atoms with Gasteiger partial charge in [-0.3, -0.25) is 4.79 Å². The second-order valence-electron chi connectivity index (χ2n) is 10.9.